The Hall–Kier alpha value is -1.99. The van der Waals surface area contributed by atoms with Crippen LogP contribution < -0.4 is 10.6 Å². The van der Waals surface area contributed by atoms with Crippen molar-refractivity contribution in [1.82, 2.24) is 15.5 Å². The maximum atomic E-state index is 13.5. The highest BCUT2D eigenvalue weighted by atomic mass is 19.1. The molecule has 1 atom stereocenters. The Labute approximate surface area is 154 Å². The number of hydrogen-bond acceptors (Lipinski definition) is 4. The molecule has 7 heteroatoms. The van der Waals surface area contributed by atoms with Gasteiger partial charge in [0.25, 0.3) is 5.91 Å². The molecule has 6 nitrogen and oxygen atoms in total. The monoisotopic (exact) mass is 365 g/mol. The van der Waals surface area contributed by atoms with E-state index in [1.165, 1.54) is 18.2 Å². The van der Waals surface area contributed by atoms with Crippen molar-refractivity contribution in [2.24, 2.45) is 5.92 Å². The number of benzene rings is 1. The highest BCUT2D eigenvalue weighted by Gasteiger charge is 2.22. The third-order valence-corrected chi connectivity index (χ3v) is 4.54. The number of nitrogens with zero attached hydrogens (tertiary/aromatic N) is 1. The lowest BCUT2D eigenvalue weighted by Gasteiger charge is -2.16. The Morgan fingerprint density at radius 3 is 2.88 bits per heavy atom. The molecule has 1 aromatic rings. The van der Waals surface area contributed by atoms with Crippen LogP contribution in [-0.4, -0.2) is 63.2 Å². The minimum Gasteiger partial charge on any atom is -0.385 e. The van der Waals surface area contributed by atoms with Gasteiger partial charge < -0.3 is 20.3 Å². The molecule has 1 saturated heterocycles. The third-order valence-electron chi connectivity index (χ3n) is 4.54. The van der Waals surface area contributed by atoms with Crippen LogP contribution in [0.25, 0.3) is 0 Å². The second-order valence-electron chi connectivity index (χ2n) is 6.59. The molecular formula is C19H28FN3O3. The van der Waals surface area contributed by atoms with E-state index in [0.717, 1.165) is 39.1 Å². The van der Waals surface area contributed by atoms with Gasteiger partial charge in [0.2, 0.25) is 5.91 Å². The first-order valence-corrected chi connectivity index (χ1v) is 9.11. The van der Waals surface area contributed by atoms with Crippen molar-refractivity contribution in [2.45, 2.75) is 19.3 Å². The Bertz CT molecular complexity index is 597. The molecule has 0 aromatic heterocycles. The average molecular weight is 365 g/mol. The molecule has 0 spiro atoms. The molecular weight excluding hydrogens is 337 g/mol. The molecule has 0 aliphatic carbocycles. The standard InChI is InChI=1S/C19H28FN3O3/c1-26-12-4-10-23-11-8-15(14-23)13-22-18(24)7-9-21-19(25)16-5-2-3-6-17(16)20/h2-3,5-6,15H,4,7-14H2,1H3,(H,21,25)(H,22,24)/t15-/m0/s1. The topological polar surface area (TPSA) is 70.7 Å². The van der Waals surface area contributed by atoms with Crippen LogP contribution in [0.2, 0.25) is 0 Å². The lowest BCUT2D eigenvalue weighted by atomic mass is 10.1. The summed E-state index contributed by atoms with van der Waals surface area (Å²) in [6, 6.07) is 5.79. The number of amides is 2. The van der Waals surface area contributed by atoms with Gasteiger partial charge >= 0.3 is 0 Å². The van der Waals surface area contributed by atoms with Gasteiger partial charge in [-0.05, 0) is 37.4 Å². The summed E-state index contributed by atoms with van der Waals surface area (Å²) in [5.41, 5.74) is -0.00701. The van der Waals surface area contributed by atoms with Crippen molar-refractivity contribution in [3.63, 3.8) is 0 Å². The Kier molecular flexibility index (Phi) is 8.50. The summed E-state index contributed by atoms with van der Waals surface area (Å²) in [5.74, 6) is -0.699. The molecule has 0 unspecified atom stereocenters. The second kappa shape index (κ2) is 10.9. The number of rotatable bonds is 10. The average Bonchev–Trinajstić information content (AvgIpc) is 3.08. The first kappa shape index (κ1) is 20.3. The van der Waals surface area contributed by atoms with Crippen molar-refractivity contribution in [3.8, 4) is 0 Å². The second-order valence-corrected chi connectivity index (χ2v) is 6.59. The first-order valence-electron chi connectivity index (χ1n) is 9.11. The Morgan fingerprint density at radius 2 is 2.12 bits per heavy atom. The van der Waals surface area contributed by atoms with Crippen LogP contribution in [0.3, 0.4) is 0 Å². The van der Waals surface area contributed by atoms with Gasteiger partial charge in [-0.1, -0.05) is 12.1 Å². The number of carbonyl (C=O) groups excluding carboxylic acids is 2. The summed E-state index contributed by atoms with van der Waals surface area (Å²) >= 11 is 0. The number of ether oxygens (including phenoxy) is 1. The quantitative estimate of drug-likeness (QED) is 0.615. The maximum Gasteiger partial charge on any atom is 0.254 e. The SMILES string of the molecule is COCCCN1CC[C@@H](CNC(=O)CCNC(=O)c2ccccc2F)C1. The molecule has 144 valence electrons. The molecule has 1 aromatic carbocycles. The van der Waals surface area contributed by atoms with Crippen LogP contribution >= 0.6 is 0 Å². The predicted molar refractivity (Wildman–Crippen MR) is 97.4 cm³/mol. The number of nitrogens with one attached hydrogen (secondary N) is 2. The molecule has 1 fully saturated rings. The van der Waals surface area contributed by atoms with E-state index in [1.807, 2.05) is 0 Å². The van der Waals surface area contributed by atoms with E-state index in [1.54, 1.807) is 13.2 Å². The highest BCUT2D eigenvalue weighted by molar-refractivity contribution is 5.94. The molecule has 26 heavy (non-hydrogen) atoms. The van der Waals surface area contributed by atoms with Gasteiger partial charge in [0.15, 0.2) is 0 Å². The van der Waals surface area contributed by atoms with E-state index < -0.39 is 11.7 Å². The number of halogens is 1. The minimum absolute atomic E-state index is 0.00701. The molecule has 2 amide bonds. The fourth-order valence-corrected chi connectivity index (χ4v) is 3.09. The zero-order valence-electron chi connectivity index (χ0n) is 15.3. The molecule has 1 aliphatic heterocycles. The molecule has 0 bridgehead atoms. The molecule has 0 radical (unpaired) electrons. The number of likely N-dealkylation sites (tertiary alicyclic amines) is 1. The van der Waals surface area contributed by atoms with Gasteiger partial charge in [0, 0.05) is 46.3 Å². The lowest BCUT2D eigenvalue weighted by molar-refractivity contribution is -0.121. The normalized spacial score (nSPS) is 17.2. The van der Waals surface area contributed by atoms with Gasteiger partial charge in [0.05, 0.1) is 5.56 Å². The van der Waals surface area contributed by atoms with Crippen LogP contribution in [0, 0.1) is 11.7 Å². The molecule has 0 saturated carbocycles. The number of methoxy groups -OCH3 is 1. The summed E-state index contributed by atoms with van der Waals surface area (Å²) in [6.07, 6.45) is 2.29. The van der Waals surface area contributed by atoms with Gasteiger partial charge in [-0.3, -0.25) is 9.59 Å². The summed E-state index contributed by atoms with van der Waals surface area (Å²) in [4.78, 5) is 26.2. The first-order chi connectivity index (χ1) is 12.6. The van der Waals surface area contributed by atoms with Crippen molar-refractivity contribution in [1.29, 1.82) is 0 Å². The number of carbonyl (C=O) groups is 2. The van der Waals surface area contributed by atoms with Crippen molar-refractivity contribution in [3.05, 3.63) is 35.6 Å². The Morgan fingerprint density at radius 1 is 1.31 bits per heavy atom. The van der Waals surface area contributed by atoms with E-state index in [4.69, 9.17) is 4.74 Å². The minimum atomic E-state index is -0.564. The van der Waals surface area contributed by atoms with Crippen LogP contribution in [0.5, 0.6) is 0 Å². The fraction of sp³-hybridized carbons (Fsp3) is 0.579. The van der Waals surface area contributed by atoms with Crippen LogP contribution in [0.4, 0.5) is 4.39 Å². The molecule has 1 heterocycles. The van der Waals surface area contributed by atoms with E-state index in [2.05, 4.69) is 15.5 Å². The van der Waals surface area contributed by atoms with E-state index in [0.29, 0.717) is 12.5 Å². The van der Waals surface area contributed by atoms with Crippen molar-refractivity contribution < 1.29 is 18.7 Å². The zero-order chi connectivity index (χ0) is 18.8. The molecule has 1 aliphatic rings. The molecule has 2 rings (SSSR count). The Balaban J connectivity index is 1.58. The van der Waals surface area contributed by atoms with Crippen LogP contribution in [0.1, 0.15) is 29.6 Å². The molecule has 2 N–H and O–H groups in total. The summed E-state index contributed by atoms with van der Waals surface area (Å²) in [7, 11) is 1.71. The van der Waals surface area contributed by atoms with Gasteiger partial charge in [-0.2, -0.15) is 0 Å². The largest absolute Gasteiger partial charge is 0.385 e. The summed E-state index contributed by atoms with van der Waals surface area (Å²) < 4.78 is 18.6. The van der Waals surface area contributed by atoms with Crippen LogP contribution in [0.15, 0.2) is 24.3 Å². The van der Waals surface area contributed by atoms with Gasteiger partial charge in [0.1, 0.15) is 5.82 Å². The zero-order valence-corrected chi connectivity index (χ0v) is 15.3. The smallest absolute Gasteiger partial charge is 0.254 e. The van der Waals surface area contributed by atoms with Crippen LogP contribution in [-0.2, 0) is 9.53 Å². The van der Waals surface area contributed by atoms with Crippen molar-refractivity contribution >= 4 is 11.8 Å². The van der Waals surface area contributed by atoms with Crippen molar-refractivity contribution in [2.75, 3.05) is 46.4 Å². The summed E-state index contributed by atoms with van der Waals surface area (Å²) in [6.45, 7) is 4.70. The number of hydrogen-bond donors (Lipinski definition) is 2. The third kappa shape index (κ3) is 6.72. The van der Waals surface area contributed by atoms with Gasteiger partial charge in [-0.25, -0.2) is 4.39 Å². The lowest BCUT2D eigenvalue weighted by Crippen LogP contribution is -2.34. The highest BCUT2D eigenvalue weighted by Crippen LogP contribution is 2.15. The summed E-state index contributed by atoms with van der Waals surface area (Å²) in [5, 5.41) is 5.50. The van der Waals surface area contributed by atoms with E-state index in [-0.39, 0.29) is 24.4 Å². The van der Waals surface area contributed by atoms with E-state index >= 15 is 0 Å². The van der Waals surface area contributed by atoms with Gasteiger partial charge in [-0.15, -0.1) is 0 Å². The maximum absolute atomic E-state index is 13.5. The fourth-order valence-electron chi connectivity index (χ4n) is 3.09. The van der Waals surface area contributed by atoms with E-state index in [9.17, 15) is 14.0 Å². The predicted octanol–water partition coefficient (Wildman–Crippen LogP) is 1.42.